The summed E-state index contributed by atoms with van der Waals surface area (Å²) < 4.78 is 12.2. The van der Waals surface area contributed by atoms with Crippen molar-refractivity contribution in [1.82, 2.24) is 14.5 Å². The number of hydrogen-bond donors (Lipinski definition) is 0. The molecule has 1 saturated heterocycles. The van der Waals surface area contributed by atoms with E-state index in [1.807, 2.05) is 0 Å². The zero-order valence-corrected chi connectivity index (χ0v) is 12.4. The molecule has 0 aromatic carbocycles. The van der Waals surface area contributed by atoms with Gasteiger partial charge in [-0.3, -0.25) is 14.2 Å². The highest BCUT2D eigenvalue weighted by Crippen LogP contribution is 2.22. The third-order valence-electron chi connectivity index (χ3n) is 3.69. The number of allylic oxidation sites excluding steroid dienone is 1. The fourth-order valence-corrected chi connectivity index (χ4v) is 2.59. The Hall–Kier alpha value is -2.41. The molecule has 0 radical (unpaired) electrons. The molecule has 0 unspecified atom stereocenters. The van der Waals surface area contributed by atoms with E-state index in [2.05, 4.69) is 11.6 Å². The van der Waals surface area contributed by atoms with Crippen LogP contribution in [0.4, 0.5) is 0 Å². The molecule has 1 amide bonds. The van der Waals surface area contributed by atoms with Crippen LogP contribution >= 0.6 is 0 Å². The first-order valence-electron chi connectivity index (χ1n) is 7.10. The average Bonchev–Trinajstić information content (AvgIpc) is 2.87. The monoisotopic (exact) mass is 303 g/mol. The Morgan fingerprint density at radius 3 is 2.86 bits per heavy atom. The summed E-state index contributed by atoms with van der Waals surface area (Å²) in [6.45, 7) is 7.63. The van der Waals surface area contributed by atoms with Crippen LogP contribution in [0.2, 0.25) is 0 Å². The summed E-state index contributed by atoms with van der Waals surface area (Å²) in [7, 11) is 0. The minimum atomic E-state index is -0.293. The fourth-order valence-electron chi connectivity index (χ4n) is 2.59. The Labute approximate surface area is 126 Å². The molecule has 1 aliphatic rings. The summed E-state index contributed by atoms with van der Waals surface area (Å²) in [4.78, 5) is 31.1. The van der Waals surface area contributed by atoms with Crippen molar-refractivity contribution >= 4 is 17.0 Å². The van der Waals surface area contributed by atoms with E-state index in [1.165, 1.54) is 10.9 Å². The molecule has 7 heteroatoms. The summed E-state index contributed by atoms with van der Waals surface area (Å²) >= 11 is 0. The molecule has 2 aromatic heterocycles. The third kappa shape index (κ3) is 2.33. The lowest BCUT2D eigenvalue weighted by molar-refractivity contribution is 0.0303. The zero-order chi connectivity index (χ0) is 15.7. The quantitative estimate of drug-likeness (QED) is 0.789. The lowest BCUT2D eigenvalue weighted by Crippen LogP contribution is -2.41. The van der Waals surface area contributed by atoms with Gasteiger partial charge in [-0.15, -0.1) is 6.58 Å². The van der Waals surface area contributed by atoms with Crippen molar-refractivity contribution in [2.24, 2.45) is 0 Å². The summed E-state index contributed by atoms with van der Waals surface area (Å²) in [5, 5.41) is 0.235. The molecule has 0 aliphatic carbocycles. The predicted molar refractivity (Wildman–Crippen MR) is 79.9 cm³/mol. The van der Waals surface area contributed by atoms with E-state index in [0.717, 1.165) is 0 Å². The van der Waals surface area contributed by atoms with Crippen molar-refractivity contribution in [1.29, 1.82) is 0 Å². The highest BCUT2D eigenvalue weighted by Gasteiger charge is 2.27. The Bertz CT molecular complexity index is 784. The van der Waals surface area contributed by atoms with Crippen molar-refractivity contribution in [3.63, 3.8) is 0 Å². The maximum absolute atomic E-state index is 12.7. The number of morpholine rings is 1. The number of rotatable bonds is 3. The second-order valence-electron chi connectivity index (χ2n) is 5.11. The molecule has 3 rings (SSSR count). The number of nitrogens with zero attached hydrogens (tertiary/aromatic N) is 3. The van der Waals surface area contributed by atoms with Crippen LogP contribution in [0, 0.1) is 6.92 Å². The number of hydrogen-bond acceptors (Lipinski definition) is 5. The predicted octanol–water partition coefficient (Wildman–Crippen LogP) is 0.956. The molecule has 1 aliphatic heterocycles. The average molecular weight is 303 g/mol. The van der Waals surface area contributed by atoms with Crippen LogP contribution in [0.1, 0.15) is 16.1 Å². The maximum Gasteiger partial charge on any atom is 0.265 e. The third-order valence-corrected chi connectivity index (χ3v) is 3.69. The number of aryl methyl sites for hydroxylation is 1. The minimum absolute atomic E-state index is 0.194. The summed E-state index contributed by atoms with van der Waals surface area (Å²) in [5.74, 6) is 0.197. The largest absolute Gasteiger partial charge is 0.442 e. The fraction of sp³-hybridized carbons (Fsp3) is 0.400. The van der Waals surface area contributed by atoms with Crippen LogP contribution in [0.15, 0.2) is 28.2 Å². The smallest absolute Gasteiger partial charge is 0.265 e. The topological polar surface area (TPSA) is 77.6 Å². The number of fused-ring (bicyclic) bond motifs is 1. The molecule has 0 bridgehead atoms. The van der Waals surface area contributed by atoms with E-state index in [1.54, 1.807) is 17.9 Å². The summed E-state index contributed by atoms with van der Waals surface area (Å²) in [6.07, 6.45) is 3.00. The number of carbonyl (C=O) groups excluding carboxylic acids is 1. The van der Waals surface area contributed by atoms with E-state index in [9.17, 15) is 9.59 Å². The van der Waals surface area contributed by atoms with Gasteiger partial charge in [0.1, 0.15) is 17.5 Å². The molecular formula is C15H17N3O4. The van der Waals surface area contributed by atoms with Crippen molar-refractivity contribution in [3.8, 4) is 0 Å². The van der Waals surface area contributed by atoms with E-state index in [0.29, 0.717) is 44.2 Å². The van der Waals surface area contributed by atoms with E-state index < -0.39 is 0 Å². The van der Waals surface area contributed by atoms with Gasteiger partial charge in [0.05, 0.1) is 18.8 Å². The molecule has 22 heavy (non-hydrogen) atoms. The van der Waals surface area contributed by atoms with Crippen LogP contribution in [0.25, 0.3) is 11.1 Å². The van der Waals surface area contributed by atoms with Gasteiger partial charge in [0.25, 0.3) is 11.5 Å². The van der Waals surface area contributed by atoms with Crippen LogP contribution in [-0.4, -0.2) is 46.7 Å². The van der Waals surface area contributed by atoms with Crippen molar-refractivity contribution < 1.29 is 13.9 Å². The first-order valence-corrected chi connectivity index (χ1v) is 7.10. The van der Waals surface area contributed by atoms with Gasteiger partial charge in [-0.25, -0.2) is 4.98 Å². The minimum Gasteiger partial charge on any atom is -0.442 e. The highest BCUT2D eigenvalue weighted by molar-refractivity contribution is 6.06. The van der Waals surface area contributed by atoms with Crippen LogP contribution in [0.3, 0.4) is 0 Å². The standard InChI is InChI=1S/C15H17N3O4/c1-3-4-18-9-16-13-12(15(18)20)11(10(2)22-13)14(19)17-5-7-21-8-6-17/h3,9H,1,4-8H2,2H3. The molecule has 0 N–H and O–H groups in total. The second-order valence-corrected chi connectivity index (χ2v) is 5.11. The van der Waals surface area contributed by atoms with Crippen LogP contribution < -0.4 is 5.56 Å². The Morgan fingerprint density at radius 1 is 1.45 bits per heavy atom. The number of amides is 1. The Balaban J connectivity index is 2.13. The molecule has 0 atom stereocenters. The molecule has 0 spiro atoms. The van der Waals surface area contributed by atoms with E-state index >= 15 is 0 Å². The van der Waals surface area contributed by atoms with Gasteiger partial charge in [0, 0.05) is 19.6 Å². The lowest BCUT2D eigenvalue weighted by Gasteiger charge is -2.26. The Morgan fingerprint density at radius 2 is 2.18 bits per heavy atom. The zero-order valence-electron chi connectivity index (χ0n) is 12.4. The SMILES string of the molecule is C=CCn1cnc2oc(C)c(C(=O)N3CCOCC3)c2c1=O. The van der Waals surface area contributed by atoms with Crippen LogP contribution in [-0.2, 0) is 11.3 Å². The molecule has 0 saturated carbocycles. The first-order chi connectivity index (χ1) is 10.6. The van der Waals surface area contributed by atoms with Gasteiger partial charge in [-0.1, -0.05) is 6.08 Å². The van der Waals surface area contributed by atoms with E-state index in [4.69, 9.17) is 9.15 Å². The molecule has 3 heterocycles. The molecular weight excluding hydrogens is 286 g/mol. The maximum atomic E-state index is 12.7. The molecule has 116 valence electrons. The molecule has 1 fully saturated rings. The number of furan rings is 1. The van der Waals surface area contributed by atoms with Gasteiger partial charge in [-0.2, -0.15) is 0 Å². The van der Waals surface area contributed by atoms with Crippen LogP contribution in [0.5, 0.6) is 0 Å². The lowest BCUT2D eigenvalue weighted by atomic mass is 10.1. The van der Waals surface area contributed by atoms with Gasteiger partial charge in [0.2, 0.25) is 5.71 Å². The number of carbonyl (C=O) groups is 1. The van der Waals surface area contributed by atoms with Crippen molar-refractivity contribution in [3.05, 3.63) is 40.7 Å². The van der Waals surface area contributed by atoms with Gasteiger partial charge in [-0.05, 0) is 6.92 Å². The van der Waals surface area contributed by atoms with Gasteiger partial charge in [0.15, 0.2) is 0 Å². The molecule has 7 nitrogen and oxygen atoms in total. The van der Waals surface area contributed by atoms with Crippen molar-refractivity contribution in [2.45, 2.75) is 13.5 Å². The number of ether oxygens (including phenoxy) is 1. The summed E-state index contributed by atoms with van der Waals surface area (Å²) in [5.41, 5.74) is 0.200. The molecule has 2 aromatic rings. The number of aromatic nitrogens is 2. The summed E-state index contributed by atoms with van der Waals surface area (Å²) in [6, 6.07) is 0. The Kier molecular flexibility index (Phi) is 3.81. The second kappa shape index (κ2) is 5.76. The van der Waals surface area contributed by atoms with Crippen molar-refractivity contribution in [2.75, 3.05) is 26.3 Å². The van der Waals surface area contributed by atoms with E-state index in [-0.39, 0.29) is 22.6 Å². The van der Waals surface area contributed by atoms with Gasteiger partial charge < -0.3 is 14.1 Å². The normalized spacial score (nSPS) is 15.2. The highest BCUT2D eigenvalue weighted by atomic mass is 16.5. The van der Waals surface area contributed by atoms with Gasteiger partial charge >= 0.3 is 0 Å². The first kappa shape index (κ1) is 14.5.